The summed E-state index contributed by atoms with van der Waals surface area (Å²) in [6.45, 7) is 3.46. The van der Waals surface area contributed by atoms with Crippen molar-refractivity contribution in [3.63, 3.8) is 0 Å². The third kappa shape index (κ3) is 3.45. The summed E-state index contributed by atoms with van der Waals surface area (Å²) in [6.07, 6.45) is 3.30. The van der Waals surface area contributed by atoms with E-state index in [2.05, 4.69) is 0 Å². The van der Waals surface area contributed by atoms with Crippen molar-refractivity contribution >= 4 is 11.9 Å². The number of esters is 1. The molecule has 18 heavy (non-hydrogen) atoms. The predicted molar refractivity (Wildman–Crippen MR) is 64.7 cm³/mol. The highest BCUT2D eigenvalue weighted by Gasteiger charge is 2.39. The van der Waals surface area contributed by atoms with Gasteiger partial charge in [-0.3, -0.25) is 9.59 Å². The van der Waals surface area contributed by atoms with Gasteiger partial charge in [0, 0.05) is 12.8 Å². The number of hydrogen-bond acceptors (Lipinski definition) is 4. The topological polar surface area (TPSA) is 83.8 Å². The second-order valence-corrected chi connectivity index (χ2v) is 4.91. The molecule has 2 unspecified atom stereocenters. The summed E-state index contributed by atoms with van der Waals surface area (Å²) >= 11 is 0. The SMILES string of the molecule is CCC(O)(CC)OC(=O)C1CCCCC1C(=O)O. The summed E-state index contributed by atoms with van der Waals surface area (Å²) in [5, 5.41) is 19.1. The number of aliphatic hydroxyl groups is 1. The smallest absolute Gasteiger partial charge is 0.312 e. The molecule has 0 aromatic rings. The molecular formula is C13H22O5. The summed E-state index contributed by atoms with van der Waals surface area (Å²) in [6, 6.07) is 0. The van der Waals surface area contributed by atoms with Crippen LogP contribution >= 0.6 is 0 Å². The van der Waals surface area contributed by atoms with Crippen LogP contribution in [0.3, 0.4) is 0 Å². The van der Waals surface area contributed by atoms with Gasteiger partial charge in [0.25, 0.3) is 0 Å². The predicted octanol–water partition coefficient (Wildman–Crippen LogP) is 1.93. The fourth-order valence-electron chi connectivity index (χ4n) is 2.37. The summed E-state index contributed by atoms with van der Waals surface area (Å²) in [7, 11) is 0. The van der Waals surface area contributed by atoms with Crippen LogP contribution in [0.1, 0.15) is 52.4 Å². The third-order valence-electron chi connectivity index (χ3n) is 3.78. The first-order valence-electron chi connectivity index (χ1n) is 6.61. The molecule has 104 valence electrons. The monoisotopic (exact) mass is 258 g/mol. The zero-order valence-electron chi connectivity index (χ0n) is 11.0. The lowest BCUT2D eigenvalue weighted by Gasteiger charge is -2.31. The maximum Gasteiger partial charge on any atom is 0.312 e. The van der Waals surface area contributed by atoms with Crippen molar-refractivity contribution in [1.29, 1.82) is 0 Å². The summed E-state index contributed by atoms with van der Waals surface area (Å²) in [5.41, 5.74) is 0. The van der Waals surface area contributed by atoms with E-state index >= 15 is 0 Å². The van der Waals surface area contributed by atoms with Gasteiger partial charge in [0.15, 0.2) is 0 Å². The standard InChI is InChI=1S/C13H22O5/c1-3-13(17,4-2)18-12(16)10-8-6-5-7-9(10)11(14)15/h9-10,17H,3-8H2,1-2H3,(H,14,15). The van der Waals surface area contributed by atoms with Gasteiger partial charge >= 0.3 is 11.9 Å². The van der Waals surface area contributed by atoms with Gasteiger partial charge in [-0.2, -0.15) is 0 Å². The molecule has 2 N–H and O–H groups in total. The Bertz CT molecular complexity index is 309. The van der Waals surface area contributed by atoms with Crippen LogP contribution in [0.15, 0.2) is 0 Å². The van der Waals surface area contributed by atoms with E-state index in [1.807, 2.05) is 0 Å². The van der Waals surface area contributed by atoms with Crippen LogP contribution in [0.4, 0.5) is 0 Å². The fourth-order valence-corrected chi connectivity index (χ4v) is 2.37. The van der Waals surface area contributed by atoms with Crippen molar-refractivity contribution in [3.8, 4) is 0 Å². The van der Waals surface area contributed by atoms with Gasteiger partial charge in [0.1, 0.15) is 0 Å². The van der Waals surface area contributed by atoms with Gasteiger partial charge in [0.2, 0.25) is 5.79 Å². The van der Waals surface area contributed by atoms with Crippen LogP contribution < -0.4 is 0 Å². The fraction of sp³-hybridized carbons (Fsp3) is 0.846. The molecule has 5 heteroatoms. The van der Waals surface area contributed by atoms with Crippen LogP contribution in [0, 0.1) is 11.8 Å². The van der Waals surface area contributed by atoms with Crippen molar-refractivity contribution in [2.75, 3.05) is 0 Å². The van der Waals surface area contributed by atoms with E-state index in [-0.39, 0.29) is 0 Å². The Hall–Kier alpha value is -1.10. The quantitative estimate of drug-likeness (QED) is 0.581. The van der Waals surface area contributed by atoms with E-state index in [0.717, 1.165) is 12.8 Å². The first-order valence-corrected chi connectivity index (χ1v) is 6.61. The number of aliphatic carboxylic acids is 1. The van der Waals surface area contributed by atoms with Crippen LogP contribution in [0.25, 0.3) is 0 Å². The number of carboxylic acid groups (broad SMARTS) is 1. The number of carboxylic acids is 1. The molecule has 1 rings (SSSR count). The van der Waals surface area contributed by atoms with Crippen molar-refractivity contribution in [1.82, 2.24) is 0 Å². The molecule has 0 saturated heterocycles. The van der Waals surface area contributed by atoms with E-state index in [0.29, 0.717) is 25.7 Å². The van der Waals surface area contributed by atoms with Crippen molar-refractivity contribution in [3.05, 3.63) is 0 Å². The highest BCUT2D eigenvalue weighted by molar-refractivity contribution is 5.81. The third-order valence-corrected chi connectivity index (χ3v) is 3.78. The summed E-state index contributed by atoms with van der Waals surface area (Å²) in [4.78, 5) is 23.1. The number of carbonyl (C=O) groups is 2. The normalized spacial score (nSPS) is 24.6. The molecule has 5 nitrogen and oxygen atoms in total. The van der Waals surface area contributed by atoms with Crippen molar-refractivity contribution in [2.24, 2.45) is 11.8 Å². The molecule has 0 bridgehead atoms. The molecule has 0 aliphatic heterocycles. The number of carbonyl (C=O) groups excluding carboxylic acids is 1. The summed E-state index contributed by atoms with van der Waals surface area (Å²) in [5.74, 6) is -4.29. The van der Waals surface area contributed by atoms with Crippen molar-refractivity contribution < 1.29 is 24.5 Å². The Morgan fingerprint density at radius 2 is 1.67 bits per heavy atom. The lowest BCUT2D eigenvalue weighted by Crippen LogP contribution is -2.40. The minimum absolute atomic E-state index is 0.305. The van der Waals surface area contributed by atoms with Gasteiger partial charge in [-0.05, 0) is 12.8 Å². The van der Waals surface area contributed by atoms with E-state index in [1.165, 1.54) is 0 Å². The summed E-state index contributed by atoms with van der Waals surface area (Å²) < 4.78 is 5.11. The van der Waals surface area contributed by atoms with Gasteiger partial charge < -0.3 is 14.9 Å². The second-order valence-electron chi connectivity index (χ2n) is 4.91. The molecule has 0 amide bonds. The number of rotatable bonds is 5. The van der Waals surface area contributed by atoms with E-state index in [1.54, 1.807) is 13.8 Å². The van der Waals surface area contributed by atoms with Gasteiger partial charge in [0.05, 0.1) is 11.8 Å². The van der Waals surface area contributed by atoms with E-state index < -0.39 is 29.6 Å². The molecule has 1 aliphatic carbocycles. The molecule has 0 spiro atoms. The number of hydrogen-bond donors (Lipinski definition) is 2. The highest BCUT2D eigenvalue weighted by Crippen LogP contribution is 2.32. The number of ether oxygens (including phenoxy) is 1. The van der Waals surface area contributed by atoms with Crippen molar-refractivity contribution in [2.45, 2.75) is 58.2 Å². The largest absolute Gasteiger partial charge is 0.481 e. The van der Waals surface area contributed by atoms with Gasteiger partial charge in [-0.1, -0.05) is 26.7 Å². The van der Waals surface area contributed by atoms with Crippen LogP contribution in [-0.4, -0.2) is 27.9 Å². The average molecular weight is 258 g/mol. The average Bonchev–Trinajstić information content (AvgIpc) is 2.38. The second kappa shape index (κ2) is 6.18. The minimum Gasteiger partial charge on any atom is -0.481 e. The molecule has 1 aliphatic rings. The Labute approximate surface area is 107 Å². The van der Waals surface area contributed by atoms with Crippen LogP contribution in [0.2, 0.25) is 0 Å². The zero-order chi connectivity index (χ0) is 13.8. The zero-order valence-corrected chi connectivity index (χ0v) is 11.0. The lowest BCUT2D eigenvalue weighted by molar-refractivity contribution is -0.218. The maximum absolute atomic E-state index is 12.0. The van der Waals surface area contributed by atoms with Gasteiger partial charge in [-0.25, -0.2) is 0 Å². The Kier molecular flexibility index (Phi) is 5.14. The molecule has 1 saturated carbocycles. The molecule has 0 heterocycles. The molecule has 0 aromatic heterocycles. The molecule has 2 atom stereocenters. The Balaban J connectivity index is 2.72. The van der Waals surface area contributed by atoms with E-state index in [4.69, 9.17) is 9.84 Å². The van der Waals surface area contributed by atoms with Crippen LogP contribution in [-0.2, 0) is 14.3 Å². The maximum atomic E-state index is 12.0. The lowest BCUT2D eigenvalue weighted by atomic mass is 9.79. The minimum atomic E-state index is -1.46. The molecule has 0 aromatic carbocycles. The first-order chi connectivity index (χ1) is 8.43. The van der Waals surface area contributed by atoms with Gasteiger partial charge in [-0.15, -0.1) is 0 Å². The molecular weight excluding hydrogens is 236 g/mol. The highest BCUT2D eigenvalue weighted by atomic mass is 16.7. The Morgan fingerprint density at radius 3 is 2.11 bits per heavy atom. The van der Waals surface area contributed by atoms with E-state index in [9.17, 15) is 14.7 Å². The first kappa shape index (κ1) is 15.0. The Morgan fingerprint density at radius 1 is 1.17 bits per heavy atom. The molecule has 0 radical (unpaired) electrons. The van der Waals surface area contributed by atoms with Crippen LogP contribution in [0.5, 0.6) is 0 Å². The molecule has 1 fully saturated rings.